The number of carbonyl (C=O) groups is 1. The van der Waals surface area contributed by atoms with Crippen molar-refractivity contribution in [2.45, 2.75) is 18.9 Å². The Balaban J connectivity index is 1.54. The van der Waals surface area contributed by atoms with Crippen LogP contribution < -0.4 is 10.3 Å². The van der Waals surface area contributed by atoms with Gasteiger partial charge in [0.25, 0.3) is 11.5 Å². The molecule has 1 unspecified atom stereocenters. The molecule has 0 bridgehead atoms. The fraction of sp³-hybridized carbons (Fsp3) is 0.217. The van der Waals surface area contributed by atoms with Gasteiger partial charge in [0.05, 0.1) is 17.6 Å². The molecule has 2 aliphatic rings. The number of thioether (sulfide) groups is 1. The molecular formula is C23H18BrN3O4S2. The van der Waals surface area contributed by atoms with Gasteiger partial charge in [-0.3, -0.25) is 18.9 Å². The van der Waals surface area contributed by atoms with Gasteiger partial charge in [-0.25, -0.2) is 0 Å². The monoisotopic (exact) mass is 543 g/mol. The molecule has 0 N–H and O–H groups in total. The van der Waals surface area contributed by atoms with Crippen LogP contribution in [0.3, 0.4) is 0 Å². The highest BCUT2D eigenvalue weighted by atomic mass is 79.9. The third kappa shape index (κ3) is 4.61. The zero-order chi connectivity index (χ0) is 22.9. The van der Waals surface area contributed by atoms with Crippen LogP contribution in [0.2, 0.25) is 0 Å². The Kier molecular flexibility index (Phi) is 6.33. The molecule has 2 saturated heterocycles. The van der Waals surface area contributed by atoms with Crippen molar-refractivity contribution in [3.63, 3.8) is 0 Å². The smallest absolute Gasteiger partial charge is 0.269 e. The molecule has 1 amide bonds. The summed E-state index contributed by atoms with van der Waals surface area (Å²) in [6, 6.07) is 12.5. The van der Waals surface area contributed by atoms with Crippen LogP contribution in [0.4, 0.5) is 0 Å². The molecule has 33 heavy (non-hydrogen) atoms. The second-order valence-corrected chi connectivity index (χ2v) is 10.1. The van der Waals surface area contributed by atoms with Gasteiger partial charge in [-0.2, -0.15) is 4.98 Å². The molecule has 168 valence electrons. The first kappa shape index (κ1) is 22.3. The maximum absolute atomic E-state index is 13.3. The zero-order valence-electron chi connectivity index (χ0n) is 17.3. The van der Waals surface area contributed by atoms with Crippen LogP contribution in [0.15, 0.2) is 62.8 Å². The van der Waals surface area contributed by atoms with Gasteiger partial charge in [0.15, 0.2) is 0 Å². The lowest BCUT2D eigenvalue weighted by atomic mass is 10.2. The summed E-state index contributed by atoms with van der Waals surface area (Å²) in [7, 11) is 0. The molecule has 4 heterocycles. The molecule has 0 saturated carbocycles. The number of carbonyl (C=O) groups excluding carboxylic acids is 1. The van der Waals surface area contributed by atoms with Crippen molar-refractivity contribution in [3.05, 3.63) is 74.0 Å². The van der Waals surface area contributed by atoms with Crippen molar-refractivity contribution in [1.82, 2.24) is 14.3 Å². The number of thiocarbonyl (C=S) groups is 1. The highest BCUT2D eigenvalue weighted by molar-refractivity contribution is 9.10. The molecule has 1 aromatic carbocycles. The van der Waals surface area contributed by atoms with E-state index >= 15 is 0 Å². The van der Waals surface area contributed by atoms with Gasteiger partial charge in [-0.1, -0.05) is 46.0 Å². The summed E-state index contributed by atoms with van der Waals surface area (Å²) in [5, 5.41) is 0. The number of aromatic nitrogens is 2. The van der Waals surface area contributed by atoms with E-state index in [0.29, 0.717) is 33.8 Å². The summed E-state index contributed by atoms with van der Waals surface area (Å²) in [4.78, 5) is 32.9. The third-order valence-corrected chi connectivity index (χ3v) is 7.23. The van der Waals surface area contributed by atoms with Crippen LogP contribution in [0, 0.1) is 0 Å². The molecule has 2 aromatic heterocycles. The molecule has 5 rings (SSSR count). The van der Waals surface area contributed by atoms with E-state index in [-0.39, 0.29) is 29.0 Å². The summed E-state index contributed by atoms with van der Waals surface area (Å²) >= 11 is 10.0. The minimum atomic E-state index is -0.336. The molecule has 0 aliphatic carbocycles. The first-order valence-corrected chi connectivity index (χ1v) is 12.3. The number of hydrogen-bond donors (Lipinski definition) is 0. The van der Waals surface area contributed by atoms with Crippen molar-refractivity contribution < 1.29 is 14.3 Å². The van der Waals surface area contributed by atoms with Crippen LogP contribution in [-0.2, 0) is 9.53 Å². The zero-order valence-corrected chi connectivity index (χ0v) is 20.5. The maximum Gasteiger partial charge on any atom is 0.269 e. The van der Waals surface area contributed by atoms with Crippen molar-refractivity contribution in [1.29, 1.82) is 0 Å². The Morgan fingerprint density at radius 2 is 2.06 bits per heavy atom. The van der Waals surface area contributed by atoms with Crippen LogP contribution in [0.25, 0.3) is 11.7 Å². The van der Waals surface area contributed by atoms with Crippen LogP contribution in [0.1, 0.15) is 18.4 Å². The van der Waals surface area contributed by atoms with Crippen LogP contribution in [0.5, 0.6) is 11.6 Å². The lowest BCUT2D eigenvalue weighted by Gasteiger charge is -2.18. The van der Waals surface area contributed by atoms with Gasteiger partial charge in [0.2, 0.25) is 5.88 Å². The second-order valence-electron chi connectivity index (χ2n) is 7.55. The maximum atomic E-state index is 13.3. The van der Waals surface area contributed by atoms with E-state index in [2.05, 4.69) is 20.9 Å². The summed E-state index contributed by atoms with van der Waals surface area (Å²) in [6.07, 6.45) is 5.02. The molecule has 2 fully saturated rings. The first-order valence-electron chi connectivity index (χ1n) is 10.3. The van der Waals surface area contributed by atoms with Crippen LogP contribution >= 0.6 is 39.9 Å². The van der Waals surface area contributed by atoms with Crippen molar-refractivity contribution in [2.24, 2.45) is 0 Å². The number of rotatable bonds is 5. The molecule has 0 radical (unpaired) electrons. The minimum absolute atomic E-state index is 0.0175. The second kappa shape index (κ2) is 9.38. The average Bonchev–Trinajstić information content (AvgIpc) is 3.42. The number of halogens is 1. The predicted molar refractivity (Wildman–Crippen MR) is 135 cm³/mol. The molecule has 1 atom stereocenters. The lowest BCUT2D eigenvalue weighted by molar-refractivity contribution is -0.123. The Bertz CT molecular complexity index is 1330. The molecule has 3 aromatic rings. The standard InChI is InChI=1S/C23H18BrN3O4S2/c24-14-6-8-15(9-7-14)31-20-17(21(28)26-10-2-1-5-19(26)25-20)12-18-22(29)27(23(32)33-18)13-16-4-3-11-30-16/h1-2,5-10,12,16H,3-4,11,13H2. The average molecular weight is 544 g/mol. The first-order chi connectivity index (χ1) is 16.0. The number of nitrogens with zero attached hydrogens (tertiary/aromatic N) is 3. The fourth-order valence-electron chi connectivity index (χ4n) is 3.68. The third-order valence-electron chi connectivity index (χ3n) is 5.32. The molecule has 2 aliphatic heterocycles. The van der Waals surface area contributed by atoms with E-state index in [1.54, 1.807) is 41.4 Å². The number of pyridine rings is 1. The Hall–Kier alpha value is -2.53. The van der Waals surface area contributed by atoms with Gasteiger partial charge >= 0.3 is 0 Å². The summed E-state index contributed by atoms with van der Waals surface area (Å²) in [5.74, 6) is 0.400. The highest BCUT2D eigenvalue weighted by Crippen LogP contribution is 2.35. The largest absolute Gasteiger partial charge is 0.438 e. The molecule has 10 heteroatoms. The van der Waals surface area contributed by atoms with Gasteiger partial charge in [-0.05, 0) is 55.3 Å². The minimum Gasteiger partial charge on any atom is -0.438 e. The fourth-order valence-corrected chi connectivity index (χ4v) is 5.20. The van der Waals surface area contributed by atoms with E-state index in [0.717, 1.165) is 17.3 Å². The number of ether oxygens (including phenoxy) is 2. The SMILES string of the molecule is O=C1C(=Cc2c(Oc3ccc(Br)cc3)nc3ccccn3c2=O)SC(=S)N1CC1CCCO1. The Morgan fingerprint density at radius 3 is 2.82 bits per heavy atom. The molecule has 0 spiro atoms. The molecular weight excluding hydrogens is 526 g/mol. The van der Waals surface area contributed by atoms with E-state index in [1.807, 2.05) is 12.1 Å². The van der Waals surface area contributed by atoms with Crippen molar-refractivity contribution in [2.75, 3.05) is 13.2 Å². The van der Waals surface area contributed by atoms with Crippen molar-refractivity contribution >= 4 is 61.9 Å². The Morgan fingerprint density at radius 1 is 1.24 bits per heavy atom. The quantitative estimate of drug-likeness (QED) is 0.343. The number of benzene rings is 1. The number of amides is 1. The lowest BCUT2D eigenvalue weighted by Crippen LogP contribution is -2.35. The number of fused-ring (bicyclic) bond motifs is 1. The van der Waals surface area contributed by atoms with Crippen molar-refractivity contribution in [3.8, 4) is 11.6 Å². The summed E-state index contributed by atoms with van der Waals surface area (Å²) < 4.78 is 14.4. The van der Waals surface area contributed by atoms with E-state index in [9.17, 15) is 9.59 Å². The van der Waals surface area contributed by atoms with Gasteiger partial charge in [0.1, 0.15) is 21.3 Å². The predicted octanol–water partition coefficient (Wildman–Crippen LogP) is 4.63. The number of hydrogen-bond acceptors (Lipinski definition) is 7. The van der Waals surface area contributed by atoms with E-state index in [1.165, 1.54) is 22.2 Å². The summed E-state index contributed by atoms with van der Waals surface area (Å²) in [6.45, 7) is 1.12. The van der Waals surface area contributed by atoms with Gasteiger partial charge in [0, 0.05) is 17.3 Å². The summed E-state index contributed by atoms with van der Waals surface area (Å²) in [5.41, 5.74) is 0.286. The highest BCUT2D eigenvalue weighted by Gasteiger charge is 2.35. The van der Waals surface area contributed by atoms with E-state index in [4.69, 9.17) is 21.7 Å². The topological polar surface area (TPSA) is 73.1 Å². The molecule has 7 nitrogen and oxygen atoms in total. The van der Waals surface area contributed by atoms with E-state index < -0.39 is 0 Å². The Labute approximate surface area is 207 Å². The normalized spacial score (nSPS) is 19.7. The van der Waals surface area contributed by atoms with Gasteiger partial charge < -0.3 is 9.47 Å². The van der Waals surface area contributed by atoms with Gasteiger partial charge in [-0.15, -0.1) is 0 Å². The van der Waals surface area contributed by atoms with Crippen LogP contribution in [-0.4, -0.2) is 43.8 Å².